The molecule has 0 aromatic heterocycles. The first-order chi connectivity index (χ1) is 7.59. The Morgan fingerprint density at radius 1 is 1.00 bits per heavy atom. The van der Waals surface area contributed by atoms with E-state index in [9.17, 15) is 13.2 Å². The summed E-state index contributed by atoms with van der Waals surface area (Å²) in [5.74, 6) is -0.0814. The zero-order chi connectivity index (χ0) is 11.6. The van der Waals surface area contributed by atoms with Crippen molar-refractivity contribution in [3.8, 4) is 0 Å². The fraction of sp³-hybridized carbons (Fsp3) is 0.909. The number of rotatable bonds is 2. The molecule has 1 amide bonds. The van der Waals surface area contributed by atoms with Crippen LogP contribution in [0, 0.1) is 0 Å². The Balaban J connectivity index is 1.97. The second-order valence-electron chi connectivity index (χ2n) is 4.84. The van der Waals surface area contributed by atoms with Gasteiger partial charge in [-0.3, -0.25) is 4.79 Å². The quantitative estimate of drug-likeness (QED) is 0.790. The van der Waals surface area contributed by atoms with Crippen LogP contribution in [0.2, 0.25) is 0 Å². The molecule has 16 heavy (non-hydrogen) atoms. The van der Waals surface area contributed by atoms with Crippen LogP contribution in [0.15, 0.2) is 0 Å². The molecule has 0 spiro atoms. The highest BCUT2D eigenvalue weighted by molar-refractivity contribution is 7.92. The minimum absolute atomic E-state index is 0.176. The molecule has 1 unspecified atom stereocenters. The Morgan fingerprint density at radius 3 is 2.25 bits per heavy atom. The largest absolute Gasteiger partial charge is 0.352 e. The number of amides is 1. The molecule has 2 fully saturated rings. The fourth-order valence-electron chi connectivity index (χ4n) is 2.61. The molecule has 1 aliphatic carbocycles. The SMILES string of the molecule is O=C(NC1CCCC1)C1CCCCS1(=O)=O. The highest BCUT2D eigenvalue weighted by atomic mass is 32.2. The van der Waals surface area contributed by atoms with Crippen LogP contribution in [-0.2, 0) is 14.6 Å². The molecule has 1 heterocycles. The molecule has 4 nitrogen and oxygen atoms in total. The average molecular weight is 245 g/mol. The van der Waals surface area contributed by atoms with Gasteiger partial charge in [0.1, 0.15) is 5.25 Å². The topological polar surface area (TPSA) is 63.2 Å². The maximum atomic E-state index is 11.9. The summed E-state index contributed by atoms with van der Waals surface area (Å²) >= 11 is 0. The van der Waals surface area contributed by atoms with E-state index in [1.54, 1.807) is 0 Å². The molecule has 0 radical (unpaired) electrons. The first kappa shape index (κ1) is 11.9. The Hall–Kier alpha value is -0.580. The Labute approximate surface area is 96.7 Å². The zero-order valence-corrected chi connectivity index (χ0v) is 10.3. The molecule has 1 saturated heterocycles. The van der Waals surface area contributed by atoms with Crippen LogP contribution >= 0.6 is 0 Å². The van der Waals surface area contributed by atoms with Gasteiger partial charge in [-0.15, -0.1) is 0 Å². The summed E-state index contributed by atoms with van der Waals surface area (Å²) in [6.07, 6.45) is 6.33. The van der Waals surface area contributed by atoms with Gasteiger partial charge in [-0.1, -0.05) is 19.3 Å². The number of hydrogen-bond acceptors (Lipinski definition) is 3. The van der Waals surface area contributed by atoms with Crippen molar-refractivity contribution in [1.29, 1.82) is 0 Å². The summed E-state index contributed by atoms with van der Waals surface area (Å²) in [4.78, 5) is 11.9. The lowest BCUT2D eigenvalue weighted by molar-refractivity contribution is -0.121. The molecule has 0 aromatic carbocycles. The van der Waals surface area contributed by atoms with Crippen LogP contribution in [-0.4, -0.2) is 31.4 Å². The van der Waals surface area contributed by atoms with Crippen LogP contribution in [0.4, 0.5) is 0 Å². The maximum absolute atomic E-state index is 11.9. The van der Waals surface area contributed by atoms with Crippen LogP contribution in [0.3, 0.4) is 0 Å². The van der Waals surface area contributed by atoms with Gasteiger partial charge in [0.05, 0.1) is 5.75 Å². The smallest absolute Gasteiger partial charge is 0.238 e. The van der Waals surface area contributed by atoms with Crippen molar-refractivity contribution in [2.75, 3.05) is 5.75 Å². The summed E-state index contributed by atoms with van der Waals surface area (Å²) in [5.41, 5.74) is 0. The van der Waals surface area contributed by atoms with Gasteiger partial charge < -0.3 is 5.32 Å². The molecule has 2 rings (SSSR count). The van der Waals surface area contributed by atoms with Gasteiger partial charge in [-0.25, -0.2) is 8.42 Å². The molecule has 0 bridgehead atoms. The van der Waals surface area contributed by atoms with Crippen LogP contribution in [0.1, 0.15) is 44.9 Å². The third-order valence-corrected chi connectivity index (χ3v) is 5.75. The van der Waals surface area contributed by atoms with Gasteiger partial charge in [0.2, 0.25) is 5.91 Å². The second kappa shape index (κ2) is 4.73. The Bertz CT molecular complexity index is 357. The lowest BCUT2D eigenvalue weighted by atomic mass is 10.1. The Kier molecular flexibility index (Phi) is 3.52. The normalized spacial score (nSPS) is 30.1. The molecule has 5 heteroatoms. The predicted octanol–water partition coefficient (Wildman–Crippen LogP) is 1.01. The minimum atomic E-state index is -3.18. The van der Waals surface area contributed by atoms with E-state index in [0.29, 0.717) is 12.8 Å². The highest BCUT2D eigenvalue weighted by Crippen LogP contribution is 2.22. The molecule has 92 valence electrons. The molecular formula is C11H19NO3S. The fourth-order valence-corrected chi connectivity index (χ4v) is 4.42. The molecule has 1 atom stereocenters. The first-order valence-corrected chi connectivity index (χ1v) is 7.83. The van der Waals surface area contributed by atoms with Gasteiger partial charge in [0, 0.05) is 6.04 Å². The monoisotopic (exact) mass is 245 g/mol. The average Bonchev–Trinajstić information content (AvgIpc) is 2.69. The summed E-state index contributed by atoms with van der Waals surface area (Å²) in [6.45, 7) is 0. The van der Waals surface area contributed by atoms with E-state index in [0.717, 1.165) is 32.1 Å². The van der Waals surface area contributed by atoms with Crippen molar-refractivity contribution in [3.63, 3.8) is 0 Å². The van der Waals surface area contributed by atoms with Crippen molar-refractivity contribution in [1.82, 2.24) is 5.32 Å². The number of hydrogen-bond donors (Lipinski definition) is 1. The van der Waals surface area contributed by atoms with Crippen molar-refractivity contribution in [3.05, 3.63) is 0 Å². The lowest BCUT2D eigenvalue weighted by Gasteiger charge is -2.23. The third-order valence-electron chi connectivity index (χ3n) is 3.57. The molecule has 1 saturated carbocycles. The summed E-state index contributed by atoms with van der Waals surface area (Å²) in [5, 5.41) is 2.11. The van der Waals surface area contributed by atoms with E-state index in [4.69, 9.17) is 0 Å². The van der Waals surface area contributed by atoms with Crippen LogP contribution in [0.25, 0.3) is 0 Å². The highest BCUT2D eigenvalue weighted by Gasteiger charge is 2.35. The van der Waals surface area contributed by atoms with E-state index in [1.165, 1.54) is 0 Å². The summed E-state index contributed by atoms with van der Waals surface area (Å²) in [7, 11) is -3.18. The standard InChI is InChI=1S/C11H19NO3S/c13-11(12-9-5-1-2-6-9)10-7-3-4-8-16(10,14)15/h9-10H,1-8H2,(H,12,13). The predicted molar refractivity (Wildman–Crippen MR) is 61.8 cm³/mol. The molecule has 1 N–H and O–H groups in total. The first-order valence-electron chi connectivity index (χ1n) is 6.11. The minimum Gasteiger partial charge on any atom is -0.352 e. The Morgan fingerprint density at radius 2 is 1.62 bits per heavy atom. The van der Waals surface area contributed by atoms with Gasteiger partial charge in [0.25, 0.3) is 0 Å². The molecule has 2 aliphatic rings. The molecule has 1 aliphatic heterocycles. The van der Waals surface area contributed by atoms with Crippen LogP contribution in [0.5, 0.6) is 0 Å². The third kappa shape index (κ3) is 2.56. The number of sulfone groups is 1. The number of carbonyl (C=O) groups is 1. The van der Waals surface area contributed by atoms with Crippen molar-refractivity contribution in [2.24, 2.45) is 0 Å². The van der Waals surface area contributed by atoms with Gasteiger partial charge >= 0.3 is 0 Å². The molecule has 0 aromatic rings. The van der Waals surface area contributed by atoms with E-state index in [1.807, 2.05) is 0 Å². The van der Waals surface area contributed by atoms with Gasteiger partial charge in [-0.05, 0) is 25.7 Å². The van der Waals surface area contributed by atoms with Gasteiger partial charge in [-0.2, -0.15) is 0 Å². The number of carbonyl (C=O) groups excluding carboxylic acids is 1. The summed E-state index contributed by atoms with van der Waals surface area (Å²) < 4.78 is 23.5. The van der Waals surface area contributed by atoms with E-state index in [2.05, 4.69) is 5.32 Å². The van der Waals surface area contributed by atoms with Gasteiger partial charge in [0.15, 0.2) is 9.84 Å². The van der Waals surface area contributed by atoms with E-state index < -0.39 is 15.1 Å². The number of nitrogens with one attached hydrogen (secondary N) is 1. The zero-order valence-electron chi connectivity index (χ0n) is 9.44. The summed E-state index contributed by atoms with van der Waals surface area (Å²) in [6, 6.07) is 0.213. The van der Waals surface area contributed by atoms with Crippen molar-refractivity contribution < 1.29 is 13.2 Å². The maximum Gasteiger partial charge on any atom is 0.238 e. The van der Waals surface area contributed by atoms with Crippen molar-refractivity contribution >= 4 is 15.7 Å². The lowest BCUT2D eigenvalue weighted by Crippen LogP contribution is -2.45. The van der Waals surface area contributed by atoms with E-state index >= 15 is 0 Å². The van der Waals surface area contributed by atoms with E-state index in [-0.39, 0.29) is 17.7 Å². The second-order valence-corrected chi connectivity index (χ2v) is 7.14. The molecular weight excluding hydrogens is 226 g/mol. The van der Waals surface area contributed by atoms with Crippen LogP contribution < -0.4 is 5.32 Å². The van der Waals surface area contributed by atoms with Crippen molar-refractivity contribution in [2.45, 2.75) is 56.2 Å².